The molecule has 8 heteroatoms. The van der Waals surface area contributed by atoms with Gasteiger partial charge in [0.05, 0.1) is 17.9 Å². The number of pyridine rings is 1. The first kappa shape index (κ1) is 23.8. The zero-order chi connectivity index (χ0) is 23.7. The van der Waals surface area contributed by atoms with Crippen molar-refractivity contribution in [3.8, 4) is 11.5 Å². The Bertz CT molecular complexity index is 1070. The number of hydrogen-bond donors (Lipinski definition) is 1. The van der Waals surface area contributed by atoms with Crippen molar-refractivity contribution in [3.63, 3.8) is 0 Å². The molecule has 1 amide bonds. The Morgan fingerprint density at radius 2 is 1.82 bits per heavy atom. The average Bonchev–Trinajstić information content (AvgIpc) is 2.81. The molecule has 0 spiro atoms. The van der Waals surface area contributed by atoms with Crippen LogP contribution < -0.4 is 14.8 Å². The number of nitrogens with zero attached hydrogens (tertiary/aromatic N) is 1. The highest BCUT2D eigenvalue weighted by Crippen LogP contribution is 2.20. The van der Waals surface area contributed by atoms with Gasteiger partial charge in [-0.1, -0.05) is 42.5 Å². The van der Waals surface area contributed by atoms with E-state index in [0.717, 1.165) is 11.1 Å². The number of aromatic nitrogens is 1. The minimum absolute atomic E-state index is 0.00358. The minimum atomic E-state index is -4.42. The lowest BCUT2D eigenvalue weighted by atomic mass is 10.2. The third kappa shape index (κ3) is 8.33. The molecule has 2 aromatic carbocycles. The third-order valence-corrected chi connectivity index (χ3v) is 4.50. The van der Waals surface area contributed by atoms with Gasteiger partial charge in [0, 0.05) is 6.08 Å². The topological polar surface area (TPSA) is 60.5 Å². The Kier molecular flexibility index (Phi) is 8.07. The number of rotatable bonds is 9. The SMILES string of the molecule is C[C@H](NC(=O)/C=C/c1cccc(OCc2ccccc2)c1)c1ccc(OCC(F)(F)F)cn1. The number of amides is 1. The van der Waals surface area contributed by atoms with Crippen LogP contribution in [0.25, 0.3) is 6.08 Å². The van der Waals surface area contributed by atoms with Crippen LogP contribution in [-0.2, 0) is 11.4 Å². The molecule has 0 aliphatic heterocycles. The smallest absolute Gasteiger partial charge is 0.422 e. The van der Waals surface area contributed by atoms with Crippen molar-refractivity contribution in [2.75, 3.05) is 6.61 Å². The summed E-state index contributed by atoms with van der Waals surface area (Å²) in [7, 11) is 0. The van der Waals surface area contributed by atoms with Crippen molar-refractivity contribution in [3.05, 3.63) is 95.8 Å². The summed E-state index contributed by atoms with van der Waals surface area (Å²) in [6.07, 6.45) is -0.160. The number of alkyl halides is 3. The molecule has 0 aliphatic rings. The number of carbonyl (C=O) groups is 1. The summed E-state index contributed by atoms with van der Waals surface area (Å²) in [5, 5.41) is 2.76. The molecule has 0 radical (unpaired) electrons. The number of carbonyl (C=O) groups excluding carboxylic acids is 1. The highest BCUT2D eigenvalue weighted by atomic mass is 19.4. The molecule has 0 saturated carbocycles. The van der Waals surface area contributed by atoms with E-state index >= 15 is 0 Å². The first-order chi connectivity index (χ1) is 15.8. The summed E-state index contributed by atoms with van der Waals surface area (Å²) in [4.78, 5) is 16.3. The predicted octanol–water partition coefficient (Wildman–Crippen LogP) is 5.49. The van der Waals surface area contributed by atoms with Crippen LogP contribution in [0.5, 0.6) is 11.5 Å². The molecule has 0 fully saturated rings. The number of benzene rings is 2. The predicted molar refractivity (Wildman–Crippen MR) is 119 cm³/mol. The summed E-state index contributed by atoms with van der Waals surface area (Å²) in [5.74, 6) is 0.355. The fraction of sp³-hybridized carbons (Fsp3) is 0.200. The summed E-state index contributed by atoms with van der Waals surface area (Å²) in [6, 6.07) is 19.6. The second-order valence-corrected chi connectivity index (χ2v) is 7.23. The maximum absolute atomic E-state index is 12.3. The lowest BCUT2D eigenvalue weighted by Crippen LogP contribution is -2.25. The van der Waals surface area contributed by atoms with Crippen molar-refractivity contribution in [2.24, 2.45) is 0 Å². The first-order valence-electron chi connectivity index (χ1n) is 10.2. The lowest BCUT2D eigenvalue weighted by Gasteiger charge is -2.13. The second-order valence-electron chi connectivity index (χ2n) is 7.23. The molecule has 1 aromatic heterocycles. The number of nitrogens with one attached hydrogen (secondary N) is 1. The van der Waals surface area contributed by atoms with Crippen LogP contribution in [0.3, 0.4) is 0 Å². The van der Waals surface area contributed by atoms with Gasteiger partial charge in [0.25, 0.3) is 0 Å². The molecule has 0 aliphatic carbocycles. The number of ether oxygens (including phenoxy) is 2. The molecule has 1 N–H and O–H groups in total. The molecule has 0 unspecified atom stereocenters. The molecule has 5 nitrogen and oxygen atoms in total. The van der Waals surface area contributed by atoms with E-state index < -0.39 is 18.8 Å². The van der Waals surface area contributed by atoms with E-state index in [-0.39, 0.29) is 11.7 Å². The van der Waals surface area contributed by atoms with Crippen LogP contribution >= 0.6 is 0 Å². The number of halogens is 3. The van der Waals surface area contributed by atoms with E-state index in [9.17, 15) is 18.0 Å². The molecule has 1 heterocycles. The van der Waals surface area contributed by atoms with Crippen LogP contribution in [0.1, 0.15) is 29.8 Å². The standard InChI is InChI=1S/C25H23F3N2O3/c1-18(23-12-11-22(15-29-23)33-17-25(26,27)28)30-24(31)13-10-19-8-5-9-21(14-19)32-16-20-6-3-2-4-7-20/h2-15,18H,16-17H2,1H3,(H,30,31)/b13-10+/t18-/m0/s1. The Morgan fingerprint density at radius 3 is 2.52 bits per heavy atom. The third-order valence-electron chi connectivity index (χ3n) is 4.50. The Hall–Kier alpha value is -3.81. The van der Waals surface area contributed by atoms with Crippen LogP contribution in [0.2, 0.25) is 0 Å². The Morgan fingerprint density at radius 1 is 1.03 bits per heavy atom. The van der Waals surface area contributed by atoms with E-state index in [2.05, 4.69) is 15.0 Å². The van der Waals surface area contributed by atoms with Crippen molar-refractivity contribution in [2.45, 2.75) is 25.7 Å². The molecule has 0 saturated heterocycles. The maximum atomic E-state index is 12.3. The summed E-state index contributed by atoms with van der Waals surface area (Å²) < 4.78 is 47.1. The van der Waals surface area contributed by atoms with Crippen LogP contribution in [0.15, 0.2) is 79.0 Å². The van der Waals surface area contributed by atoms with Gasteiger partial charge < -0.3 is 14.8 Å². The fourth-order valence-electron chi connectivity index (χ4n) is 2.85. The van der Waals surface area contributed by atoms with Gasteiger partial charge in [-0.2, -0.15) is 13.2 Å². The van der Waals surface area contributed by atoms with E-state index in [1.165, 1.54) is 24.4 Å². The van der Waals surface area contributed by atoms with Gasteiger partial charge in [-0.15, -0.1) is 0 Å². The van der Waals surface area contributed by atoms with Crippen molar-refractivity contribution in [1.82, 2.24) is 10.3 Å². The van der Waals surface area contributed by atoms with Gasteiger partial charge >= 0.3 is 6.18 Å². The zero-order valence-electron chi connectivity index (χ0n) is 17.9. The highest BCUT2D eigenvalue weighted by molar-refractivity contribution is 5.92. The molecule has 1 atom stereocenters. The van der Waals surface area contributed by atoms with Gasteiger partial charge in [-0.05, 0) is 48.4 Å². The lowest BCUT2D eigenvalue weighted by molar-refractivity contribution is -0.153. The fourth-order valence-corrected chi connectivity index (χ4v) is 2.85. The normalized spacial score (nSPS) is 12.4. The van der Waals surface area contributed by atoms with Crippen molar-refractivity contribution >= 4 is 12.0 Å². The van der Waals surface area contributed by atoms with E-state index in [1.54, 1.807) is 13.0 Å². The van der Waals surface area contributed by atoms with Crippen LogP contribution in [-0.4, -0.2) is 23.7 Å². The molecule has 33 heavy (non-hydrogen) atoms. The summed E-state index contributed by atoms with van der Waals surface area (Å²) in [6.45, 7) is 0.783. The minimum Gasteiger partial charge on any atom is -0.489 e. The highest BCUT2D eigenvalue weighted by Gasteiger charge is 2.28. The first-order valence-corrected chi connectivity index (χ1v) is 10.2. The van der Waals surface area contributed by atoms with Crippen molar-refractivity contribution in [1.29, 1.82) is 0 Å². The monoisotopic (exact) mass is 456 g/mol. The van der Waals surface area contributed by atoms with E-state index in [1.807, 2.05) is 54.6 Å². The quantitative estimate of drug-likeness (QED) is 0.433. The van der Waals surface area contributed by atoms with Gasteiger partial charge in [-0.3, -0.25) is 9.78 Å². The van der Waals surface area contributed by atoms with Gasteiger partial charge in [-0.25, -0.2) is 0 Å². The van der Waals surface area contributed by atoms with E-state index in [4.69, 9.17) is 4.74 Å². The molecular formula is C25H23F3N2O3. The van der Waals surface area contributed by atoms with Crippen LogP contribution in [0.4, 0.5) is 13.2 Å². The van der Waals surface area contributed by atoms with Gasteiger partial charge in [0.2, 0.25) is 5.91 Å². The average molecular weight is 456 g/mol. The van der Waals surface area contributed by atoms with Crippen LogP contribution in [0, 0.1) is 0 Å². The molecular weight excluding hydrogens is 433 g/mol. The molecule has 3 aromatic rings. The summed E-state index contributed by atoms with van der Waals surface area (Å²) in [5.41, 5.74) is 2.35. The molecule has 3 rings (SSSR count). The van der Waals surface area contributed by atoms with Gasteiger partial charge in [0.1, 0.15) is 18.1 Å². The molecule has 0 bridgehead atoms. The van der Waals surface area contributed by atoms with Crippen molar-refractivity contribution < 1.29 is 27.4 Å². The Balaban J connectivity index is 1.51. The molecule has 172 valence electrons. The number of hydrogen-bond acceptors (Lipinski definition) is 4. The second kappa shape index (κ2) is 11.2. The van der Waals surface area contributed by atoms with Gasteiger partial charge in [0.15, 0.2) is 6.61 Å². The Labute approximate surface area is 189 Å². The zero-order valence-corrected chi connectivity index (χ0v) is 17.9. The summed E-state index contributed by atoms with van der Waals surface area (Å²) >= 11 is 0. The maximum Gasteiger partial charge on any atom is 0.422 e. The van der Waals surface area contributed by atoms with E-state index in [0.29, 0.717) is 18.1 Å². The largest absolute Gasteiger partial charge is 0.489 e.